The van der Waals surface area contributed by atoms with Gasteiger partial charge in [0.15, 0.2) is 0 Å². The topological polar surface area (TPSA) is 12.5 Å². The van der Waals surface area contributed by atoms with Crippen LogP contribution in [0.2, 0.25) is 0 Å². The molecule has 0 radical (unpaired) electrons. The summed E-state index contributed by atoms with van der Waals surface area (Å²) in [5.41, 5.74) is 3.69. The van der Waals surface area contributed by atoms with E-state index >= 15 is 0 Å². The minimum atomic E-state index is 0.934. The normalized spacial score (nSPS) is 17.0. The van der Waals surface area contributed by atoms with E-state index in [-0.39, 0.29) is 0 Å². The number of rotatable bonds is 2. The molecular formula is C20H19NO. The zero-order valence-corrected chi connectivity index (χ0v) is 12.5. The standard InChI is InChI=1S/C20H19NO/c1-6-12-21(13-7-1)15-17-14-16-8-2-4-10-19(16)22-20-11-5-3-9-18(17)20/h1-6,8-11,14H,7,12-13,15H2. The van der Waals surface area contributed by atoms with E-state index in [2.05, 4.69) is 53.5 Å². The first-order valence-electron chi connectivity index (χ1n) is 7.84. The largest absolute Gasteiger partial charge is 0.456 e. The third-order valence-electron chi connectivity index (χ3n) is 4.24. The second-order valence-corrected chi connectivity index (χ2v) is 5.80. The monoisotopic (exact) mass is 289 g/mol. The highest BCUT2D eigenvalue weighted by Crippen LogP contribution is 2.38. The zero-order valence-electron chi connectivity index (χ0n) is 12.5. The van der Waals surface area contributed by atoms with Crippen molar-refractivity contribution < 1.29 is 4.74 Å². The van der Waals surface area contributed by atoms with Crippen LogP contribution in [0.4, 0.5) is 0 Å². The Morgan fingerprint density at radius 1 is 0.909 bits per heavy atom. The maximum absolute atomic E-state index is 6.14. The molecule has 22 heavy (non-hydrogen) atoms. The smallest absolute Gasteiger partial charge is 0.135 e. The van der Waals surface area contributed by atoms with Crippen LogP contribution >= 0.6 is 0 Å². The molecular weight excluding hydrogens is 270 g/mol. The lowest BCUT2D eigenvalue weighted by Gasteiger charge is -2.24. The van der Waals surface area contributed by atoms with Crippen LogP contribution in [0.5, 0.6) is 11.5 Å². The molecule has 0 saturated heterocycles. The Labute approximate surface area is 131 Å². The van der Waals surface area contributed by atoms with Gasteiger partial charge in [0.05, 0.1) is 0 Å². The van der Waals surface area contributed by atoms with E-state index in [1.165, 1.54) is 11.1 Å². The lowest BCUT2D eigenvalue weighted by atomic mass is 10.0. The van der Waals surface area contributed by atoms with Crippen LogP contribution < -0.4 is 4.74 Å². The van der Waals surface area contributed by atoms with Gasteiger partial charge in [-0.15, -0.1) is 0 Å². The summed E-state index contributed by atoms with van der Waals surface area (Å²) >= 11 is 0. The Bertz CT molecular complexity index is 745. The molecule has 2 aromatic carbocycles. The van der Waals surface area contributed by atoms with Crippen LogP contribution in [-0.2, 0) is 0 Å². The molecule has 2 nitrogen and oxygen atoms in total. The molecule has 0 bridgehead atoms. The molecule has 0 N–H and O–H groups in total. The Morgan fingerprint density at radius 3 is 2.59 bits per heavy atom. The first-order valence-corrected chi connectivity index (χ1v) is 7.84. The van der Waals surface area contributed by atoms with Gasteiger partial charge < -0.3 is 4.74 Å². The minimum Gasteiger partial charge on any atom is -0.456 e. The summed E-state index contributed by atoms with van der Waals surface area (Å²) in [4.78, 5) is 2.48. The van der Waals surface area contributed by atoms with E-state index < -0.39 is 0 Å². The summed E-state index contributed by atoms with van der Waals surface area (Å²) in [5, 5.41) is 0. The van der Waals surface area contributed by atoms with Crippen molar-refractivity contribution >= 4 is 11.6 Å². The van der Waals surface area contributed by atoms with Crippen LogP contribution in [0.1, 0.15) is 17.5 Å². The van der Waals surface area contributed by atoms with Gasteiger partial charge in [-0.05, 0) is 30.2 Å². The molecule has 0 fully saturated rings. The van der Waals surface area contributed by atoms with E-state index in [0.717, 1.165) is 43.1 Å². The number of fused-ring (bicyclic) bond motifs is 2. The van der Waals surface area contributed by atoms with Gasteiger partial charge in [-0.2, -0.15) is 0 Å². The van der Waals surface area contributed by atoms with Crippen molar-refractivity contribution in [1.82, 2.24) is 4.90 Å². The van der Waals surface area contributed by atoms with Crippen LogP contribution in [0, 0.1) is 0 Å². The molecule has 2 heterocycles. The van der Waals surface area contributed by atoms with Crippen molar-refractivity contribution in [1.29, 1.82) is 0 Å². The average Bonchev–Trinajstić information content (AvgIpc) is 2.72. The first-order chi connectivity index (χ1) is 10.9. The van der Waals surface area contributed by atoms with Gasteiger partial charge in [-0.25, -0.2) is 0 Å². The van der Waals surface area contributed by atoms with Crippen molar-refractivity contribution in [3.8, 4) is 11.5 Å². The van der Waals surface area contributed by atoms with E-state index in [4.69, 9.17) is 4.74 Å². The maximum atomic E-state index is 6.14. The number of benzene rings is 2. The number of para-hydroxylation sites is 2. The Kier molecular flexibility index (Phi) is 3.53. The van der Waals surface area contributed by atoms with Crippen LogP contribution in [0.25, 0.3) is 11.6 Å². The Morgan fingerprint density at radius 2 is 1.73 bits per heavy atom. The molecule has 0 aromatic heterocycles. The highest BCUT2D eigenvalue weighted by Gasteiger charge is 2.18. The lowest BCUT2D eigenvalue weighted by Crippen LogP contribution is -2.28. The number of ether oxygens (including phenoxy) is 1. The molecule has 0 spiro atoms. The highest BCUT2D eigenvalue weighted by molar-refractivity contribution is 5.88. The molecule has 2 aliphatic rings. The van der Waals surface area contributed by atoms with E-state index in [1.54, 1.807) is 0 Å². The average molecular weight is 289 g/mol. The second kappa shape index (κ2) is 5.82. The molecule has 4 rings (SSSR count). The molecule has 0 unspecified atom stereocenters. The van der Waals surface area contributed by atoms with Gasteiger partial charge >= 0.3 is 0 Å². The summed E-state index contributed by atoms with van der Waals surface area (Å²) in [5.74, 6) is 1.88. The number of hydrogen-bond donors (Lipinski definition) is 0. The van der Waals surface area contributed by atoms with Crippen molar-refractivity contribution in [3.05, 3.63) is 71.8 Å². The fourth-order valence-corrected chi connectivity index (χ4v) is 3.10. The molecule has 0 aliphatic carbocycles. The predicted molar refractivity (Wildman–Crippen MR) is 91.0 cm³/mol. The SMILES string of the molecule is C1=CCN(CC2=Cc3ccccc3Oc3ccccc32)CC1. The van der Waals surface area contributed by atoms with Gasteiger partial charge in [-0.3, -0.25) is 4.90 Å². The fraction of sp³-hybridized carbons (Fsp3) is 0.200. The highest BCUT2D eigenvalue weighted by atomic mass is 16.5. The summed E-state index contributed by atoms with van der Waals surface area (Å²) < 4.78 is 6.14. The lowest BCUT2D eigenvalue weighted by molar-refractivity contribution is 0.336. The predicted octanol–water partition coefficient (Wildman–Crippen LogP) is 4.59. The van der Waals surface area contributed by atoms with E-state index in [1.807, 2.05) is 18.2 Å². The molecule has 0 amide bonds. The summed E-state index contributed by atoms with van der Waals surface area (Å²) in [7, 11) is 0. The van der Waals surface area contributed by atoms with E-state index in [0.29, 0.717) is 0 Å². The van der Waals surface area contributed by atoms with Gasteiger partial charge in [0.25, 0.3) is 0 Å². The molecule has 0 saturated carbocycles. The summed E-state index contributed by atoms with van der Waals surface area (Å²) in [6, 6.07) is 16.6. The van der Waals surface area contributed by atoms with Crippen molar-refractivity contribution in [2.75, 3.05) is 19.6 Å². The number of nitrogens with zero attached hydrogens (tertiary/aromatic N) is 1. The van der Waals surface area contributed by atoms with E-state index in [9.17, 15) is 0 Å². The van der Waals surface area contributed by atoms with Crippen LogP contribution in [0.15, 0.2) is 60.7 Å². The molecule has 2 heteroatoms. The second-order valence-electron chi connectivity index (χ2n) is 5.80. The Balaban J connectivity index is 1.76. The van der Waals surface area contributed by atoms with Gasteiger partial charge in [0.2, 0.25) is 0 Å². The molecule has 2 aliphatic heterocycles. The zero-order chi connectivity index (χ0) is 14.8. The quantitative estimate of drug-likeness (QED) is 0.749. The van der Waals surface area contributed by atoms with Gasteiger partial charge in [0, 0.05) is 30.8 Å². The van der Waals surface area contributed by atoms with Crippen molar-refractivity contribution in [2.45, 2.75) is 6.42 Å². The first kappa shape index (κ1) is 13.4. The van der Waals surface area contributed by atoms with Crippen molar-refractivity contribution in [2.24, 2.45) is 0 Å². The van der Waals surface area contributed by atoms with Crippen LogP contribution in [-0.4, -0.2) is 24.5 Å². The van der Waals surface area contributed by atoms with Crippen LogP contribution in [0.3, 0.4) is 0 Å². The van der Waals surface area contributed by atoms with Gasteiger partial charge in [0.1, 0.15) is 11.5 Å². The third kappa shape index (κ3) is 2.58. The molecule has 110 valence electrons. The van der Waals surface area contributed by atoms with Crippen molar-refractivity contribution in [3.63, 3.8) is 0 Å². The fourth-order valence-electron chi connectivity index (χ4n) is 3.10. The summed E-state index contributed by atoms with van der Waals surface area (Å²) in [6.07, 6.45) is 7.95. The van der Waals surface area contributed by atoms with Gasteiger partial charge in [-0.1, -0.05) is 48.6 Å². The Hall–Kier alpha value is -2.32. The molecule has 0 atom stereocenters. The molecule has 2 aromatic rings. The third-order valence-corrected chi connectivity index (χ3v) is 4.24. The minimum absolute atomic E-state index is 0.934. The number of hydrogen-bond acceptors (Lipinski definition) is 2. The maximum Gasteiger partial charge on any atom is 0.135 e. The summed E-state index contributed by atoms with van der Waals surface area (Å²) in [6.45, 7) is 3.11.